The first kappa shape index (κ1) is 11.3. The summed E-state index contributed by atoms with van der Waals surface area (Å²) in [4.78, 5) is 19.4. The van der Waals surface area contributed by atoms with E-state index in [4.69, 9.17) is 4.42 Å². The van der Waals surface area contributed by atoms with Gasteiger partial charge >= 0.3 is 0 Å². The van der Waals surface area contributed by atoms with Crippen LogP contribution >= 0.6 is 0 Å². The molecule has 0 aliphatic carbocycles. The normalized spacial score (nSPS) is 10.5. The molecule has 0 aromatic carbocycles. The predicted molar refractivity (Wildman–Crippen MR) is 63.2 cm³/mol. The number of pyridine rings is 1. The molecule has 0 radical (unpaired) electrons. The van der Waals surface area contributed by atoms with E-state index >= 15 is 0 Å². The van der Waals surface area contributed by atoms with Crippen molar-refractivity contribution in [3.8, 4) is 11.3 Å². The topological polar surface area (TPSA) is 68.0 Å². The molecule has 0 aliphatic rings. The molecule has 0 saturated heterocycles. The molecule has 0 bridgehead atoms. The molecule has 2 rings (SSSR count). The third-order valence-corrected chi connectivity index (χ3v) is 2.25. The van der Waals surface area contributed by atoms with Crippen molar-refractivity contribution in [2.24, 2.45) is 5.92 Å². The standard InChI is InChI=1S/C12H13N3O2/c1-8(2)12(16)15-11-5-9(3-4-14-11)10-6-13-7-17-10/h3-8H,1-2H3,(H,14,15,16). The van der Waals surface area contributed by atoms with Gasteiger partial charge in [-0.05, 0) is 12.1 Å². The van der Waals surface area contributed by atoms with Crippen molar-refractivity contribution in [1.82, 2.24) is 9.97 Å². The number of carbonyl (C=O) groups excluding carboxylic acids is 1. The number of aromatic nitrogens is 2. The molecule has 0 aliphatic heterocycles. The summed E-state index contributed by atoms with van der Waals surface area (Å²) in [5.74, 6) is 1.02. The number of carbonyl (C=O) groups is 1. The third-order valence-electron chi connectivity index (χ3n) is 2.25. The van der Waals surface area contributed by atoms with Gasteiger partial charge in [0.25, 0.3) is 0 Å². The van der Waals surface area contributed by atoms with E-state index in [1.165, 1.54) is 6.39 Å². The van der Waals surface area contributed by atoms with Crippen molar-refractivity contribution >= 4 is 11.7 Å². The van der Waals surface area contributed by atoms with E-state index in [9.17, 15) is 4.79 Å². The lowest BCUT2D eigenvalue weighted by molar-refractivity contribution is -0.118. The maximum absolute atomic E-state index is 11.5. The van der Waals surface area contributed by atoms with Crippen LogP contribution < -0.4 is 5.32 Å². The Kier molecular flexibility index (Phi) is 3.18. The van der Waals surface area contributed by atoms with E-state index in [2.05, 4.69) is 15.3 Å². The first-order valence-electron chi connectivity index (χ1n) is 5.32. The number of anilines is 1. The Morgan fingerprint density at radius 3 is 2.94 bits per heavy atom. The molecule has 0 unspecified atom stereocenters. The molecule has 88 valence electrons. The van der Waals surface area contributed by atoms with Crippen LogP contribution in [0.3, 0.4) is 0 Å². The fraction of sp³-hybridized carbons (Fsp3) is 0.250. The minimum atomic E-state index is -0.0780. The minimum absolute atomic E-state index is 0.0628. The van der Waals surface area contributed by atoms with Crippen molar-refractivity contribution in [1.29, 1.82) is 0 Å². The Morgan fingerprint density at radius 2 is 2.29 bits per heavy atom. The number of nitrogens with zero attached hydrogens (tertiary/aromatic N) is 2. The summed E-state index contributed by atoms with van der Waals surface area (Å²) in [6.45, 7) is 3.66. The smallest absolute Gasteiger partial charge is 0.228 e. The highest BCUT2D eigenvalue weighted by atomic mass is 16.3. The average molecular weight is 231 g/mol. The van der Waals surface area contributed by atoms with Gasteiger partial charge in [0.2, 0.25) is 5.91 Å². The summed E-state index contributed by atoms with van der Waals surface area (Å²) in [5.41, 5.74) is 0.830. The zero-order chi connectivity index (χ0) is 12.3. The second kappa shape index (κ2) is 4.78. The molecule has 1 amide bonds. The van der Waals surface area contributed by atoms with Crippen LogP contribution in [0.1, 0.15) is 13.8 Å². The Hall–Kier alpha value is -2.17. The molecule has 2 aromatic rings. The van der Waals surface area contributed by atoms with Crippen LogP contribution in [0, 0.1) is 5.92 Å². The molecule has 0 saturated carbocycles. The van der Waals surface area contributed by atoms with E-state index < -0.39 is 0 Å². The van der Waals surface area contributed by atoms with Crippen molar-refractivity contribution < 1.29 is 9.21 Å². The number of rotatable bonds is 3. The monoisotopic (exact) mass is 231 g/mol. The Morgan fingerprint density at radius 1 is 1.47 bits per heavy atom. The van der Waals surface area contributed by atoms with Gasteiger partial charge in [-0.25, -0.2) is 9.97 Å². The van der Waals surface area contributed by atoms with Gasteiger partial charge in [-0.1, -0.05) is 13.8 Å². The largest absolute Gasteiger partial charge is 0.444 e. The van der Waals surface area contributed by atoms with Crippen LogP contribution in [-0.2, 0) is 4.79 Å². The number of amides is 1. The molecule has 2 aromatic heterocycles. The summed E-state index contributed by atoms with van der Waals surface area (Å²) >= 11 is 0. The first-order chi connectivity index (χ1) is 8.16. The summed E-state index contributed by atoms with van der Waals surface area (Å²) in [7, 11) is 0. The Labute approximate surface area is 98.9 Å². The maximum Gasteiger partial charge on any atom is 0.228 e. The van der Waals surface area contributed by atoms with Gasteiger partial charge in [-0.15, -0.1) is 0 Å². The van der Waals surface area contributed by atoms with Gasteiger partial charge < -0.3 is 9.73 Å². The molecule has 17 heavy (non-hydrogen) atoms. The van der Waals surface area contributed by atoms with Gasteiger partial charge in [0, 0.05) is 17.7 Å². The van der Waals surface area contributed by atoms with E-state index in [0.29, 0.717) is 11.6 Å². The molecule has 1 N–H and O–H groups in total. The highest BCUT2D eigenvalue weighted by molar-refractivity contribution is 5.91. The molecular formula is C12H13N3O2. The molecule has 0 spiro atoms. The first-order valence-corrected chi connectivity index (χ1v) is 5.32. The lowest BCUT2D eigenvalue weighted by Crippen LogP contribution is -2.18. The van der Waals surface area contributed by atoms with Crippen molar-refractivity contribution in [3.63, 3.8) is 0 Å². The van der Waals surface area contributed by atoms with Gasteiger partial charge in [0.05, 0.1) is 6.20 Å². The zero-order valence-corrected chi connectivity index (χ0v) is 9.68. The quantitative estimate of drug-likeness (QED) is 0.880. The van der Waals surface area contributed by atoms with Gasteiger partial charge in [-0.2, -0.15) is 0 Å². The van der Waals surface area contributed by atoms with E-state index in [-0.39, 0.29) is 11.8 Å². The minimum Gasteiger partial charge on any atom is -0.444 e. The molecule has 0 atom stereocenters. The fourth-order valence-electron chi connectivity index (χ4n) is 1.28. The Bertz CT molecular complexity index is 506. The highest BCUT2D eigenvalue weighted by Crippen LogP contribution is 2.20. The predicted octanol–water partition coefficient (Wildman–Crippen LogP) is 2.33. The molecule has 2 heterocycles. The van der Waals surface area contributed by atoms with Gasteiger partial charge in [0.1, 0.15) is 5.82 Å². The van der Waals surface area contributed by atoms with Crippen LogP contribution in [0.15, 0.2) is 35.3 Å². The lowest BCUT2D eigenvalue weighted by atomic mass is 10.2. The number of oxazole rings is 1. The van der Waals surface area contributed by atoms with Crippen molar-refractivity contribution in [2.75, 3.05) is 5.32 Å². The van der Waals surface area contributed by atoms with Crippen LogP contribution in [0.25, 0.3) is 11.3 Å². The van der Waals surface area contributed by atoms with Crippen molar-refractivity contribution in [2.45, 2.75) is 13.8 Å². The SMILES string of the molecule is CC(C)C(=O)Nc1cc(-c2cnco2)ccn1. The van der Waals surface area contributed by atoms with E-state index in [0.717, 1.165) is 5.56 Å². The summed E-state index contributed by atoms with van der Waals surface area (Å²) in [6, 6.07) is 3.55. The molecular weight excluding hydrogens is 218 g/mol. The maximum atomic E-state index is 11.5. The fourth-order valence-corrected chi connectivity index (χ4v) is 1.28. The Balaban J connectivity index is 2.20. The van der Waals surface area contributed by atoms with Gasteiger partial charge in [-0.3, -0.25) is 4.79 Å². The third kappa shape index (κ3) is 2.69. The molecule has 0 fully saturated rings. The van der Waals surface area contributed by atoms with Crippen LogP contribution in [-0.4, -0.2) is 15.9 Å². The average Bonchev–Trinajstić information content (AvgIpc) is 2.82. The van der Waals surface area contributed by atoms with Crippen LogP contribution in [0.4, 0.5) is 5.82 Å². The number of hydrogen-bond acceptors (Lipinski definition) is 4. The van der Waals surface area contributed by atoms with E-state index in [1.807, 2.05) is 13.8 Å². The second-order valence-electron chi connectivity index (χ2n) is 3.94. The summed E-state index contributed by atoms with van der Waals surface area (Å²) < 4.78 is 5.18. The van der Waals surface area contributed by atoms with Crippen LogP contribution in [0.5, 0.6) is 0 Å². The summed E-state index contributed by atoms with van der Waals surface area (Å²) in [5, 5.41) is 2.73. The second-order valence-corrected chi connectivity index (χ2v) is 3.94. The molecule has 5 heteroatoms. The summed E-state index contributed by atoms with van der Waals surface area (Å²) in [6.07, 6.45) is 4.60. The zero-order valence-electron chi connectivity index (χ0n) is 9.68. The number of nitrogens with one attached hydrogen (secondary N) is 1. The molecule has 5 nitrogen and oxygen atoms in total. The van der Waals surface area contributed by atoms with E-state index in [1.54, 1.807) is 24.5 Å². The highest BCUT2D eigenvalue weighted by Gasteiger charge is 2.09. The lowest BCUT2D eigenvalue weighted by Gasteiger charge is -2.07. The van der Waals surface area contributed by atoms with Crippen molar-refractivity contribution in [3.05, 3.63) is 30.9 Å². The number of hydrogen-bond donors (Lipinski definition) is 1. The van der Waals surface area contributed by atoms with Crippen LogP contribution in [0.2, 0.25) is 0 Å². The van der Waals surface area contributed by atoms with Gasteiger partial charge in [0.15, 0.2) is 12.2 Å².